The highest BCUT2D eigenvalue weighted by atomic mass is 15.0. The van der Waals surface area contributed by atoms with E-state index in [1.54, 1.807) is 12.3 Å². The van der Waals surface area contributed by atoms with Crippen LogP contribution in [0.1, 0.15) is 5.56 Å². The summed E-state index contributed by atoms with van der Waals surface area (Å²) < 4.78 is 0. The molecule has 2 aromatic rings. The average molecular weight is 272 g/mol. The Morgan fingerprint density at radius 2 is 1.75 bits per heavy atom. The Bertz CT molecular complexity index is 596. The van der Waals surface area contributed by atoms with Crippen molar-refractivity contribution in [3.63, 3.8) is 0 Å². The van der Waals surface area contributed by atoms with Crippen molar-refractivity contribution < 1.29 is 0 Å². The number of rotatable bonds is 5. The Labute approximate surface area is 118 Å². The SMILES string of the molecule is Cc1cc(NCCNc2ccc(N)cc2N)ncc1N. The first-order valence-corrected chi connectivity index (χ1v) is 6.41. The molecular weight excluding hydrogens is 252 g/mol. The highest BCUT2D eigenvalue weighted by molar-refractivity contribution is 5.70. The molecule has 0 radical (unpaired) electrons. The molecule has 106 valence electrons. The topological polar surface area (TPSA) is 115 Å². The number of hydrogen-bond donors (Lipinski definition) is 5. The fraction of sp³-hybridized carbons (Fsp3) is 0.214. The van der Waals surface area contributed by atoms with E-state index >= 15 is 0 Å². The first-order valence-electron chi connectivity index (χ1n) is 6.41. The first-order chi connectivity index (χ1) is 9.56. The summed E-state index contributed by atoms with van der Waals surface area (Å²) >= 11 is 0. The van der Waals surface area contributed by atoms with Crippen molar-refractivity contribution in [3.05, 3.63) is 36.0 Å². The summed E-state index contributed by atoms with van der Waals surface area (Å²) in [5, 5.41) is 6.46. The Morgan fingerprint density at radius 1 is 1.00 bits per heavy atom. The summed E-state index contributed by atoms with van der Waals surface area (Å²) in [5.74, 6) is 0.809. The second-order valence-electron chi connectivity index (χ2n) is 4.63. The number of nitrogen functional groups attached to an aromatic ring is 3. The molecule has 0 atom stereocenters. The van der Waals surface area contributed by atoms with Crippen LogP contribution in [-0.2, 0) is 0 Å². The van der Waals surface area contributed by atoms with Gasteiger partial charge < -0.3 is 27.8 Å². The molecule has 1 aromatic heterocycles. The summed E-state index contributed by atoms with van der Waals surface area (Å²) in [6, 6.07) is 7.35. The van der Waals surface area contributed by atoms with Crippen LogP contribution in [0.5, 0.6) is 0 Å². The van der Waals surface area contributed by atoms with Gasteiger partial charge in [0.25, 0.3) is 0 Å². The van der Waals surface area contributed by atoms with E-state index < -0.39 is 0 Å². The van der Waals surface area contributed by atoms with Crippen LogP contribution in [0.25, 0.3) is 0 Å². The van der Waals surface area contributed by atoms with Gasteiger partial charge in [0, 0.05) is 18.8 Å². The number of aromatic nitrogens is 1. The van der Waals surface area contributed by atoms with Gasteiger partial charge in [0.15, 0.2) is 0 Å². The van der Waals surface area contributed by atoms with Crippen molar-refractivity contribution in [2.24, 2.45) is 0 Å². The van der Waals surface area contributed by atoms with Crippen LogP contribution in [0.3, 0.4) is 0 Å². The van der Waals surface area contributed by atoms with E-state index in [0.29, 0.717) is 17.1 Å². The number of anilines is 5. The number of nitrogens with zero attached hydrogens (tertiary/aromatic N) is 1. The zero-order valence-corrected chi connectivity index (χ0v) is 11.5. The van der Waals surface area contributed by atoms with E-state index in [1.807, 2.05) is 25.1 Å². The average Bonchev–Trinajstić information content (AvgIpc) is 2.40. The fourth-order valence-electron chi connectivity index (χ4n) is 1.79. The summed E-state index contributed by atoms with van der Waals surface area (Å²) in [6.07, 6.45) is 1.66. The smallest absolute Gasteiger partial charge is 0.126 e. The Hall–Kier alpha value is -2.63. The van der Waals surface area contributed by atoms with Crippen molar-refractivity contribution in [2.75, 3.05) is 40.9 Å². The third-order valence-corrected chi connectivity index (χ3v) is 2.97. The molecule has 1 aromatic carbocycles. The fourth-order valence-corrected chi connectivity index (χ4v) is 1.79. The monoisotopic (exact) mass is 272 g/mol. The molecule has 0 bridgehead atoms. The van der Waals surface area contributed by atoms with Crippen LogP contribution in [-0.4, -0.2) is 18.1 Å². The normalized spacial score (nSPS) is 10.2. The molecule has 0 spiro atoms. The minimum Gasteiger partial charge on any atom is -0.399 e. The first kappa shape index (κ1) is 13.8. The van der Waals surface area contributed by atoms with E-state index in [1.165, 1.54) is 0 Å². The van der Waals surface area contributed by atoms with Gasteiger partial charge in [-0.3, -0.25) is 0 Å². The quantitative estimate of drug-likeness (QED) is 0.417. The molecule has 0 unspecified atom stereocenters. The van der Waals surface area contributed by atoms with E-state index in [0.717, 1.165) is 30.2 Å². The lowest BCUT2D eigenvalue weighted by Gasteiger charge is -2.11. The summed E-state index contributed by atoms with van der Waals surface area (Å²) in [5.41, 5.74) is 21.1. The van der Waals surface area contributed by atoms with Crippen molar-refractivity contribution in [3.8, 4) is 0 Å². The third kappa shape index (κ3) is 3.44. The zero-order valence-electron chi connectivity index (χ0n) is 11.5. The minimum atomic E-state index is 0.645. The Morgan fingerprint density at radius 3 is 2.45 bits per heavy atom. The molecule has 0 amide bonds. The van der Waals surface area contributed by atoms with Gasteiger partial charge in [0.2, 0.25) is 0 Å². The molecule has 6 heteroatoms. The second-order valence-corrected chi connectivity index (χ2v) is 4.63. The number of aryl methyl sites for hydroxylation is 1. The Kier molecular flexibility index (Phi) is 4.14. The van der Waals surface area contributed by atoms with Gasteiger partial charge in [0.05, 0.1) is 23.3 Å². The van der Waals surface area contributed by atoms with Crippen molar-refractivity contribution in [2.45, 2.75) is 6.92 Å². The molecule has 0 saturated carbocycles. The molecule has 0 aliphatic heterocycles. The largest absolute Gasteiger partial charge is 0.399 e. The van der Waals surface area contributed by atoms with Gasteiger partial charge >= 0.3 is 0 Å². The second kappa shape index (κ2) is 6.01. The van der Waals surface area contributed by atoms with Gasteiger partial charge in [-0.05, 0) is 36.8 Å². The number of pyridine rings is 1. The van der Waals surface area contributed by atoms with Crippen molar-refractivity contribution in [1.29, 1.82) is 0 Å². The van der Waals surface area contributed by atoms with E-state index in [4.69, 9.17) is 17.2 Å². The molecule has 0 saturated heterocycles. The van der Waals surface area contributed by atoms with Gasteiger partial charge in [-0.15, -0.1) is 0 Å². The van der Waals surface area contributed by atoms with Gasteiger partial charge in [-0.1, -0.05) is 0 Å². The molecule has 2 rings (SSSR count). The highest BCUT2D eigenvalue weighted by Crippen LogP contribution is 2.20. The van der Waals surface area contributed by atoms with Gasteiger partial charge in [0.1, 0.15) is 5.82 Å². The maximum absolute atomic E-state index is 5.86. The molecule has 6 nitrogen and oxygen atoms in total. The lowest BCUT2D eigenvalue weighted by molar-refractivity contribution is 1.06. The van der Waals surface area contributed by atoms with Crippen LogP contribution >= 0.6 is 0 Å². The standard InChI is InChI=1S/C14H20N6/c1-9-6-14(20-8-12(9)17)19-5-4-18-13-3-2-10(15)7-11(13)16/h2-3,6-8,18H,4-5,15-17H2,1H3,(H,19,20). The van der Waals surface area contributed by atoms with Gasteiger partial charge in [-0.2, -0.15) is 0 Å². The lowest BCUT2D eigenvalue weighted by Crippen LogP contribution is -2.15. The van der Waals surface area contributed by atoms with E-state index in [9.17, 15) is 0 Å². The van der Waals surface area contributed by atoms with E-state index in [2.05, 4.69) is 15.6 Å². The number of benzene rings is 1. The maximum atomic E-state index is 5.86. The van der Waals surface area contributed by atoms with Crippen LogP contribution in [0.15, 0.2) is 30.5 Å². The van der Waals surface area contributed by atoms with Crippen LogP contribution in [0, 0.1) is 6.92 Å². The van der Waals surface area contributed by atoms with E-state index in [-0.39, 0.29) is 0 Å². The number of nitrogens with two attached hydrogens (primary N) is 3. The predicted octanol–water partition coefficient (Wildman–Crippen LogP) is 1.66. The summed E-state index contributed by atoms with van der Waals surface area (Å²) in [4.78, 5) is 4.21. The summed E-state index contributed by atoms with van der Waals surface area (Å²) in [7, 11) is 0. The maximum Gasteiger partial charge on any atom is 0.126 e. The van der Waals surface area contributed by atoms with Crippen molar-refractivity contribution in [1.82, 2.24) is 4.98 Å². The van der Waals surface area contributed by atoms with Crippen molar-refractivity contribution >= 4 is 28.6 Å². The predicted molar refractivity (Wildman–Crippen MR) is 85.6 cm³/mol. The Balaban J connectivity index is 1.82. The molecule has 20 heavy (non-hydrogen) atoms. The number of nitrogens with one attached hydrogen (secondary N) is 2. The van der Waals surface area contributed by atoms with Crippen LogP contribution in [0.4, 0.5) is 28.6 Å². The molecule has 0 aliphatic rings. The van der Waals surface area contributed by atoms with Crippen LogP contribution in [0.2, 0.25) is 0 Å². The highest BCUT2D eigenvalue weighted by Gasteiger charge is 2.00. The zero-order chi connectivity index (χ0) is 14.5. The lowest BCUT2D eigenvalue weighted by atomic mass is 10.2. The molecular formula is C14H20N6. The van der Waals surface area contributed by atoms with Gasteiger partial charge in [-0.25, -0.2) is 4.98 Å². The minimum absolute atomic E-state index is 0.645. The summed E-state index contributed by atoms with van der Waals surface area (Å²) in [6.45, 7) is 3.40. The molecule has 8 N–H and O–H groups in total. The third-order valence-electron chi connectivity index (χ3n) is 2.97. The van der Waals surface area contributed by atoms with Crippen LogP contribution < -0.4 is 27.8 Å². The molecule has 0 fully saturated rings. The molecule has 1 heterocycles. The molecule has 0 aliphatic carbocycles. The number of hydrogen-bond acceptors (Lipinski definition) is 6.